The Bertz CT molecular complexity index is 753. The summed E-state index contributed by atoms with van der Waals surface area (Å²) in [5.74, 6) is 0.0421. The molecule has 0 saturated carbocycles. The van der Waals surface area contributed by atoms with Gasteiger partial charge in [-0.05, 0) is 36.8 Å². The highest BCUT2D eigenvalue weighted by molar-refractivity contribution is 5.81. The third kappa shape index (κ3) is 4.37. The number of hydrogen-bond donors (Lipinski definition) is 1. The van der Waals surface area contributed by atoms with Crippen LogP contribution in [0.4, 0.5) is 5.69 Å². The van der Waals surface area contributed by atoms with Crippen molar-refractivity contribution in [3.05, 3.63) is 65.7 Å². The van der Waals surface area contributed by atoms with Crippen molar-refractivity contribution in [1.82, 2.24) is 4.90 Å². The lowest BCUT2D eigenvalue weighted by atomic mass is 10.1. The maximum absolute atomic E-state index is 12.6. The molecular formula is C20H21N3O2. The smallest absolute Gasteiger partial charge is 0.242 e. The molecule has 128 valence electrons. The second-order valence-corrected chi connectivity index (χ2v) is 6.19. The Balaban J connectivity index is 1.60. The first-order chi connectivity index (χ1) is 12.2. The highest BCUT2D eigenvalue weighted by atomic mass is 16.5. The van der Waals surface area contributed by atoms with Crippen molar-refractivity contribution in [3.63, 3.8) is 0 Å². The molecule has 5 nitrogen and oxygen atoms in total. The number of carbonyl (C=O) groups excluding carboxylic acids is 1. The summed E-state index contributed by atoms with van der Waals surface area (Å²) >= 11 is 0. The number of benzene rings is 2. The SMILES string of the molecule is CC1CN(C(=O)CNc2ccc(C#N)cc2)CC(c2ccccc2)O1. The quantitative estimate of drug-likeness (QED) is 0.933. The van der Waals surface area contributed by atoms with Gasteiger partial charge in [0.05, 0.1) is 30.8 Å². The molecule has 1 aliphatic heterocycles. The molecule has 0 aromatic heterocycles. The topological polar surface area (TPSA) is 65.4 Å². The van der Waals surface area contributed by atoms with Gasteiger partial charge in [-0.2, -0.15) is 5.26 Å². The molecule has 5 heteroatoms. The standard InChI is InChI=1S/C20H21N3O2/c1-15-13-23(14-19(25-15)17-5-3-2-4-6-17)20(24)12-22-18-9-7-16(11-21)8-10-18/h2-10,15,19,22H,12-14H2,1H3. The molecule has 2 atom stereocenters. The minimum absolute atomic E-state index is 0.00202. The van der Waals surface area contributed by atoms with Gasteiger partial charge < -0.3 is 15.0 Å². The Morgan fingerprint density at radius 2 is 1.92 bits per heavy atom. The summed E-state index contributed by atoms with van der Waals surface area (Å²) in [6.07, 6.45) is -0.0957. The predicted octanol–water partition coefficient (Wildman–Crippen LogP) is 2.96. The first-order valence-electron chi connectivity index (χ1n) is 8.38. The molecule has 0 aliphatic carbocycles. The zero-order valence-corrected chi connectivity index (χ0v) is 14.2. The van der Waals surface area contributed by atoms with Crippen molar-refractivity contribution in [2.45, 2.75) is 19.1 Å². The lowest BCUT2D eigenvalue weighted by Gasteiger charge is -2.37. The van der Waals surface area contributed by atoms with Crippen LogP contribution in [-0.4, -0.2) is 36.5 Å². The van der Waals surface area contributed by atoms with Crippen molar-refractivity contribution in [1.29, 1.82) is 5.26 Å². The Morgan fingerprint density at radius 3 is 2.60 bits per heavy atom. The van der Waals surface area contributed by atoms with E-state index in [0.29, 0.717) is 18.7 Å². The van der Waals surface area contributed by atoms with Crippen LogP contribution < -0.4 is 5.32 Å². The highest BCUT2D eigenvalue weighted by Crippen LogP contribution is 2.25. The van der Waals surface area contributed by atoms with Crippen molar-refractivity contribution in [3.8, 4) is 6.07 Å². The van der Waals surface area contributed by atoms with Gasteiger partial charge in [-0.1, -0.05) is 30.3 Å². The number of nitrogens with zero attached hydrogens (tertiary/aromatic N) is 2. The molecule has 0 radical (unpaired) electrons. The van der Waals surface area contributed by atoms with Crippen LogP contribution >= 0.6 is 0 Å². The molecule has 1 saturated heterocycles. The van der Waals surface area contributed by atoms with Gasteiger partial charge in [0.15, 0.2) is 0 Å². The molecule has 2 aromatic rings. The van der Waals surface area contributed by atoms with Crippen LogP contribution in [0.3, 0.4) is 0 Å². The van der Waals surface area contributed by atoms with E-state index in [9.17, 15) is 4.79 Å². The summed E-state index contributed by atoms with van der Waals surface area (Å²) in [5.41, 5.74) is 2.52. The number of hydrogen-bond acceptors (Lipinski definition) is 4. The van der Waals surface area contributed by atoms with Gasteiger partial charge >= 0.3 is 0 Å². The second kappa shape index (κ2) is 7.82. The van der Waals surface area contributed by atoms with E-state index in [2.05, 4.69) is 11.4 Å². The van der Waals surface area contributed by atoms with Crippen molar-refractivity contribution in [2.24, 2.45) is 0 Å². The molecule has 1 amide bonds. The maximum atomic E-state index is 12.6. The Kier molecular flexibility index (Phi) is 5.32. The molecule has 0 bridgehead atoms. The van der Waals surface area contributed by atoms with E-state index in [-0.39, 0.29) is 24.7 Å². The number of rotatable bonds is 4. The number of anilines is 1. The molecule has 1 heterocycles. The molecule has 0 spiro atoms. The van der Waals surface area contributed by atoms with Gasteiger partial charge in [0.25, 0.3) is 0 Å². The van der Waals surface area contributed by atoms with E-state index in [1.54, 1.807) is 24.3 Å². The van der Waals surface area contributed by atoms with Crippen LogP contribution in [-0.2, 0) is 9.53 Å². The second-order valence-electron chi connectivity index (χ2n) is 6.19. The molecule has 2 unspecified atom stereocenters. The Hall–Kier alpha value is -2.84. The fourth-order valence-electron chi connectivity index (χ4n) is 2.96. The summed E-state index contributed by atoms with van der Waals surface area (Å²) in [7, 11) is 0. The van der Waals surface area contributed by atoms with Gasteiger partial charge in [0.1, 0.15) is 6.10 Å². The van der Waals surface area contributed by atoms with Gasteiger partial charge in [0, 0.05) is 12.2 Å². The van der Waals surface area contributed by atoms with Crippen LogP contribution in [0.1, 0.15) is 24.2 Å². The van der Waals surface area contributed by atoms with E-state index in [1.165, 1.54) is 0 Å². The molecule has 1 aliphatic rings. The van der Waals surface area contributed by atoms with E-state index >= 15 is 0 Å². The third-order valence-electron chi connectivity index (χ3n) is 4.24. The van der Waals surface area contributed by atoms with Crippen LogP contribution in [0.2, 0.25) is 0 Å². The number of morpholine rings is 1. The minimum atomic E-state index is -0.0937. The van der Waals surface area contributed by atoms with E-state index in [1.807, 2.05) is 42.2 Å². The summed E-state index contributed by atoms with van der Waals surface area (Å²) < 4.78 is 6.00. The number of carbonyl (C=O) groups is 1. The summed E-state index contributed by atoms with van der Waals surface area (Å²) in [6.45, 7) is 3.36. The van der Waals surface area contributed by atoms with Crippen LogP contribution in [0.25, 0.3) is 0 Å². The third-order valence-corrected chi connectivity index (χ3v) is 4.24. The lowest BCUT2D eigenvalue weighted by Crippen LogP contribution is -2.47. The Morgan fingerprint density at radius 1 is 1.20 bits per heavy atom. The number of nitrogens with one attached hydrogen (secondary N) is 1. The van der Waals surface area contributed by atoms with Gasteiger partial charge in [-0.15, -0.1) is 0 Å². The van der Waals surface area contributed by atoms with E-state index < -0.39 is 0 Å². The van der Waals surface area contributed by atoms with Crippen LogP contribution in [0.5, 0.6) is 0 Å². The first kappa shape index (κ1) is 17.0. The first-order valence-corrected chi connectivity index (χ1v) is 8.38. The fraction of sp³-hybridized carbons (Fsp3) is 0.300. The number of nitriles is 1. The average Bonchev–Trinajstić information content (AvgIpc) is 2.66. The zero-order chi connectivity index (χ0) is 17.6. The zero-order valence-electron chi connectivity index (χ0n) is 14.2. The molecule has 1 N–H and O–H groups in total. The summed E-state index contributed by atoms with van der Waals surface area (Å²) in [5, 5.41) is 11.9. The predicted molar refractivity (Wildman–Crippen MR) is 96.0 cm³/mol. The molecule has 25 heavy (non-hydrogen) atoms. The fourth-order valence-corrected chi connectivity index (χ4v) is 2.96. The van der Waals surface area contributed by atoms with Crippen molar-refractivity contribution in [2.75, 3.05) is 25.0 Å². The normalized spacial score (nSPS) is 19.9. The van der Waals surface area contributed by atoms with Gasteiger partial charge in [-0.3, -0.25) is 4.79 Å². The summed E-state index contributed by atoms with van der Waals surface area (Å²) in [6, 6.07) is 19.1. The highest BCUT2D eigenvalue weighted by Gasteiger charge is 2.29. The van der Waals surface area contributed by atoms with Crippen LogP contribution in [0, 0.1) is 11.3 Å². The van der Waals surface area contributed by atoms with E-state index in [0.717, 1.165) is 11.3 Å². The Labute approximate surface area is 147 Å². The van der Waals surface area contributed by atoms with Gasteiger partial charge in [0.2, 0.25) is 5.91 Å². The number of amides is 1. The number of ether oxygens (including phenoxy) is 1. The lowest BCUT2D eigenvalue weighted by molar-refractivity contribution is -0.143. The summed E-state index contributed by atoms with van der Waals surface area (Å²) in [4.78, 5) is 14.4. The van der Waals surface area contributed by atoms with Crippen molar-refractivity contribution < 1.29 is 9.53 Å². The largest absolute Gasteiger partial charge is 0.376 e. The molecular weight excluding hydrogens is 314 g/mol. The van der Waals surface area contributed by atoms with Crippen LogP contribution in [0.15, 0.2) is 54.6 Å². The average molecular weight is 335 g/mol. The minimum Gasteiger partial charge on any atom is -0.376 e. The monoisotopic (exact) mass is 335 g/mol. The van der Waals surface area contributed by atoms with Crippen molar-refractivity contribution >= 4 is 11.6 Å². The molecule has 2 aromatic carbocycles. The van der Waals surface area contributed by atoms with Gasteiger partial charge in [-0.25, -0.2) is 0 Å². The molecule has 3 rings (SSSR count). The molecule has 1 fully saturated rings. The maximum Gasteiger partial charge on any atom is 0.242 e. The van der Waals surface area contributed by atoms with E-state index in [4.69, 9.17) is 10.00 Å².